The molecular weight excluding hydrogens is 530 g/mol. The zero-order valence-corrected chi connectivity index (χ0v) is 21.4. The maximum absolute atomic E-state index is 3.10. The Hall–Kier alpha value is -2.74. The maximum atomic E-state index is 2.91. The van der Waals surface area contributed by atoms with Crippen LogP contribution in [0.25, 0.3) is 0 Å². The van der Waals surface area contributed by atoms with Crippen LogP contribution in [-0.4, -0.2) is 0 Å². The molecule has 0 aliphatic carbocycles. The molecule has 0 spiro atoms. The van der Waals surface area contributed by atoms with Crippen molar-refractivity contribution in [2.45, 2.75) is 5.66 Å². The van der Waals surface area contributed by atoms with Crippen LogP contribution < -0.4 is 15.9 Å². The average Bonchev–Trinajstić information content (AvgIpc) is 2.91. The summed E-state index contributed by atoms with van der Waals surface area (Å²) in [5, 5.41) is 4.16. The fraction of sp³-hybridized carbons (Fsp3) is 0.0323. The van der Waals surface area contributed by atoms with Crippen molar-refractivity contribution in [2.24, 2.45) is 0 Å². The van der Waals surface area contributed by atoms with E-state index in [4.69, 9.17) is 0 Å². The van der Waals surface area contributed by atoms with Crippen LogP contribution in [0, 0.1) is 0 Å². The molecule has 0 atom stereocenters. The van der Waals surface area contributed by atoms with Crippen LogP contribution in [0.1, 0.15) is 16.8 Å². The van der Waals surface area contributed by atoms with E-state index in [0.29, 0.717) is 0 Å². The van der Waals surface area contributed by atoms with Crippen LogP contribution in [0.15, 0.2) is 152 Å². The first-order chi connectivity index (χ1) is 16.2. The van der Waals surface area contributed by atoms with Gasteiger partial charge in [0.1, 0.15) is 0 Å². The number of halogens is 1. The summed E-state index contributed by atoms with van der Waals surface area (Å²) >= 11 is 2.91. The molecule has 0 unspecified atom stereocenters. The summed E-state index contributed by atoms with van der Waals surface area (Å²) < 4.78 is -3.10. The van der Waals surface area contributed by atoms with Gasteiger partial charge in [-0.1, -0.05) is 0 Å². The van der Waals surface area contributed by atoms with Crippen molar-refractivity contribution in [2.75, 3.05) is 0 Å². The fourth-order valence-corrected chi connectivity index (χ4v) is 15.4. The van der Waals surface area contributed by atoms with Gasteiger partial charge >= 0.3 is 211 Å². The van der Waals surface area contributed by atoms with Crippen molar-refractivity contribution in [3.05, 3.63) is 163 Å². The molecule has 0 bridgehead atoms. The normalized spacial score (nSPS) is 12.7. The molecule has 0 saturated heterocycles. The van der Waals surface area contributed by atoms with Gasteiger partial charge in [-0.3, -0.25) is 0 Å². The second-order valence-corrected chi connectivity index (χ2v) is 18.5. The standard InChI is InChI=1S/C31H26IP/c32-33(28-20-10-3-11-21-28,29-22-12-4-13-23-29,30-24-14-5-15-25-30)31(26-16-6-1-7-17-26)27-18-8-2-9-19-27/h1-25,31H. The van der Waals surface area contributed by atoms with Gasteiger partial charge in [-0.25, -0.2) is 0 Å². The topological polar surface area (TPSA) is 0 Å². The molecule has 0 heterocycles. The summed E-state index contributed by atoms with van der Waals surface area (Å²) in [6, 6.07) is 55.6. The molecule has 162 valence electrons. The molecule has 33 heavy (non-hydrogen) atoms. The summed E-state index contributed by atoms with van der Waals surface area (Å²) in [5.74, 6) is 0. The van der Waals surface area contributed by atoms with E-state index < -0.39 is 4.25 Å². The van der Waals surface area contributed by atoms with E-state index >= 15 is 0 Å². The third-order valence-corrected chi connectivity index (χ3v) is 18.7. The summed E-state index contributed by atoms with van der Waals surface area (Å²) in [7, 11) is 0. The molecule has 5 aromatic carbocycles. The van der Waals surface area contributed by atoms with Gasteiger partial charge in [0, 0.05) is 0 Å². The molecule has 0 N–H and O–H groups in total. The number of hydrogen-bond donors (Lipinski definition) is 0. The molecule has 0 aliphatic heterocycles. The number of hydrogen-bond acceptors (Lipinski definition) is 0. The van der Waals surface area contributed by atoms with E-state index in [2.05, 4.69) is 174 Å². The Morgan fingerprint density at radius 1 is 0.364 bits per heavy atom. The van der Waals surface area contributed by atoms with E-state index in [-0.39, 0.29) is 5.66 Å². The fourth-order valence-electron chi connectivity index (χ4n) is 5.08. The molecule has 2 heteroatoms. The van der Waals surface area contributed by atoms with Crippen molar-refractivity contribution in [3.8, 4) is 0 Å². The van der Waals surface area contributed by atoms with Gasteiger partial charge in [0.15, 0.2) is 0 Å². The minimum absolute atomic E-state index is 0.159. The monoisotopic (exact) mass is 556 g/mol. The molecule has 0 aromatic heterocycles. The zero-order valence-electron chi connectivity index (χ0n) is 18.3. The Labute approximate surface area is 209 Å². The van der Waals surface area contributed by atoms with Gasteiger partial charge in [-0.15, -0.1) is 0 Å². The quantitative estimate of drug-likeness (QED) is 0.149. The van der Waals surface area contributed by atoms with Crippen LogP contribution in [0.3, 0.4) is 0 Å². The first-order valence-electron chi connectivity index (χ1n) is 11.2. The summed E-state index contributed by atoms with van der Waals surface area (Å²) in [6.07, 6.45) is 0. The van der Waals surface area contributed by atoms with Crippen LogP contribution >= 0.6 is 26.3 Å². The third kappa shape index (κ3) is 3.64. The van der Waals surface area contributed by atoms with E-state index in [1.807, 2.05) is 0 Å². The third-order valence-electron chi connectivity index (χ3n) is 6.50. The molecule has 5 rings (SSSR count). The average molecular weight is 556 g/mol. The Balaban J connectivity index is 2.01. The van der Waals surface area contributed by atoms with Crippen molar-refractivity contribution in [3.63, 3.8) is 0 Å². The SMILES string of the molecule is IP(c1ccccc1)(c1ccccc1)(c1ccccc1)C(c1ccccc1)c1ccccc1. The predicted molar refractivity (Wildman–Crippen MR) is 154 cm³/mol. The van der Waals surface area contributed by atoms with Gasteiger partial charge in [0.05, 0.1) is 0 Å². The van der Waals surface area contributed by atoms with Crippen molar-refractivity contribution in [1.82, 2.24) is 0 Å². The van der Waals surface area contributed by atoms with Crippen LogP contribution in [0.2, 0.25) is 0 Å². The van der Waals surface area contributed by atoms with Gasteiger partial charge in [0.2, 0.25) is 0 Å². The first kappa shape index (κ1) is 22.1. The molecule has 0 radical (unpaired) electrons. The molecule has 0 amide bonds. The van der Waals surface area contributed by atoms with Crippen LogP contribution in [0.4, 0.5) is 0 Å². The molecule has 0 fully saturated rings. The Kier molecular flexibility index (Phi) is 6.19. The molecule has 0 aliphatic rings. The van der Waals surface area contributed by atoms with E-state index in [9.17, 15) is 0 Å². The summed E-state index contributed by atoms with van der Waals surface area (Å²) in [5.41, 5.74) is 2.84. The van der Waals surface area contributed by atoms with Gasteiger partial charge in [-0.2, -0.15) is 0 Å². The second kappa shape index (κ2) is 9.25. The summed E-state index contributed by atoms with van der Waals surface area (Å²) in [6.45, 7) is 0. The second-order valence-electron chi connectivity index (χ2n) is 8.30. The Bertz CT molecular complexity index is 1170. The van der Waals surface area contributed by atoms with Crippen molar-refractivity contribution in [1.29, 1.82) is 0 Å². The van der Waals surface area contributed by atoms with Crippen molar-refractivity contribution < 1.29 is 0 Å². The van der Waals surface area contributed by atoms with Crippen LogP contribution in [0.5, 0.6) is 0 Å². The van der Waals surface area contributed by atoms with Crippen LogP contribution in [-0.2, 0) is 0 Å². The van der Waals surface area contributed by atoms with Gasteiger partial charge < -0.3 is 0 Å². The molecule has 0 saturated carbocycles. The van der Waals surface area contributed by atoms with E-state index in [1.54, 1.807) is 0 Å². The number of benzene rings is 5. The molecular formula is C31H26IP. The van der Waals surface area contributed by atoms with Gasteiger partial charge in [-0.05, 0) is 0 Å². The predicted octanol–water partition coefficient (Wildman–Crippen LogP) is 7.66. The summed E-state index contributed by atoms with van der Waals surface area (Å²) in [4.78, 5) is 0. The zero-order chi connectivity index (χ0) is 22.6. The molecule has 0 nitrogen and oxygen atoms in total. The van der Waals surface area contributed by atoms with E-state index in [0.717, 1.165) is 0 Å². The van der Waals surface area contributed by atoms with Crippen molar-refractivity contribution >= 4 is 42.2 Å². The minimum atomic E-state index is -3.10. The van der Waals surface area contributed by atoms with E-state index in [1.165, 1.54) is 27.0 Å². The first-order valence-corrected chi connectivity index (χ1v) is 16.3. The molecule has 5 aromatic rings. The Morgan fingerprint density at radius 2 is 0.606 bits per heavy atom. The Morgan fingerprint density at radius 3 is 0.879 bits per heavy atom. The number of rotatable bonds is 6. The van der Waals surface area contributed by atoms with Gasteiger partial charge in [0.25, 0.3) is 0 Å².